The van der Waals surface area contributed by atoms with Crippen molar-refractivity contribution in [3.63, 3.8) is 0 Å². The lowest BCUT2D eigenvalue weighted by molar-refractivity contribution is -0.115. The van der Waals surface area contributed by atoms with Gasteiger partial charge in [0.1, 0.15) is 0 Å². The second-order valence-corrected chi connectivity index (χ2v) is 6.55. The number of hydrogen-bond acceptors (Lipinski definition) is 3. The Morgan fingerprint density at radius 3 is 2.43 bits per heavy atom. The summed E-state index contributed by atoms with van der Waals surface area (Å²) in [6, 6.07) is 9.87. The molecule has 0 aliphatic rings. The first-order chi connectivity index (χ1) is 9.97. The molecule has 1 N–H and O–H groups in total. The van der Waals surface area contributed by atoms with E-state index in [1.54, 1.807) is 6.20 Å². The molecule has 4 heteroatoms. The van der Waals surface area contributed by atoms with Gasteiger partial charge in [-0.2, -0.15) is 0 Å². The molecule has 1 aromatic heterocycles. The van der Waals surface area contributed by atoms with Crippen molar-refractivity contribution in [2.75, 3.05) is 5.32 Å². The van der Waals surface area contributed by atoms with Crippen LogP contribution in [0, 0.1) is 20.8 Å². The molecule has 0 spiro atoms. The Hall–Kier alpha value is -1.81. The molecule has 2 rings (SSSR count). The molecule has 1 aromatic carbocycles. The normalized spacial score (nSPS) is 12.0. The molecule has 21 heavy (non-hydrogen) atoms. The van der Waals surface area contributed by atoms with Gasteiger partial charge in [-0.15, -0.1) is 0 Å². The van der Waals surface area contributed by atoms with Gasteiger partial charge >= 0.3 is 0 Å². The van der Waals surface area contributed by atoms with E-state index in [-0.39, 0.29) is 11.2 Å². The Kier molecular flexibility index (Phi) is 5.02. The number of anilines is 1. The zero-order chi connectivity index (χ0) is 15.4. The number of pyridine rings is 1. The maximum absolute atomic E-state index is 12.3. The van der Waals surface area contributed by atoms with Crippen LogP contribution in [0.25, 0.3) is 0 Å². The summed E-state index contributed by atoms with van der Waals surface area (Å²) < 4.78 is 0. The van der Waals surface area contributed by atoms with Gasteiger partial charge in [0.05, 0.1) is 10.3 Å². The molecule has 0 saturated heterocycles. The zero-order valence-electron chi connectivity index (χ0n) is 12.8. The van der Waals surface area contributed by atoms with E-state index in [4.69, 9.17) is 0 Å². The van der Waals surface area contributed by atoms with Crippen LogP contribution >= 0.6 is 11.8 Å². The van der Waals surface area contributed by atoms with Crippen molar-refractivity contribution in [3.05, 3.63) is 53.2 Å². The molecule has 1 heterocycles. The number of amides is 1. The highest BCUT2D eigenvalue weighted by molar-refractivity contribution is 8.00. The molecular formula is C17H20N2OS. The van der Waals surface area contributed by atoms with Crippen molar-refractivity contribution in [1.82, 2.24) is 4.98 Å². The maximum atomic E-state index is 12.3. The topological polar surface area (TPSA) is 42.0 Å². The predicted octanol–water partition coefficient (Wildman–Crippen LogP) is 4.13. The number of nitrogens with one attached hydrogen (secondary N) is 1. The molecule has 110 valence electrons. The number of hydrogen-bond donors (Lipinski definition) is 1. The van der Waals surface area contributed by atoms with E-state index in [1.807, 2.05) is 39.0 Å². The number of carbonyl (C=O) groups is 1. The fraction of sp³-hybridized carbons (Fsp3) is 0.294. The molecule has 3 nitrogen and oxygen atoms in total. The third-order valence-corrected chi connectivity index (χ3v) is 4.28. The van der Waals surface area contributed by atoms with Crippen LogP contribution in [0.5, 0.6) is 0 Å². The van der Waals surface area contributed by atoms with Crippen LogP contribution in [0.3, 0.4) is 0 Å². The first-order valence-corrected chi connectivity index (χ1v) is 7.81. The minimum absolute atomic E-state index is 0.000654. The van der Waals surface area contributed by atoms with Gasteiger partial charge in [0.2, 0.25) is 5.91 Å². The summed E-state index contributed by atoms with van der Waals surface area (Å²) >= 11 is 1.46. The Bertz CT molecular complexity index is 617. The van der Waals surface area contributed by atoms with Crippen LogP contribution in [0.4, 0.5) is 5.69 Å². The maximum Gasteiger partial charge on any atom is 0.237 e. The van der Waals surface area contributed by atoms with Gasteiger partial charge in [0.15, 0.2) is 0 Å². The fourth-order valence-electron chi connectivity index (χ4n) is 2.25. The van der Waals surface area contributed by atoms with Crippen molar-refractivity contribution in [2.45, 2.75) is 38.0 Å². The first kappa shape index (κ1) is 15.6. The van der Waals surface area contributed by atoms with Gasteiger partial charge in [-0.3, -0.25) is 4.79 Å². The van der Waals surface area contributed by atoms with Crippen LogP contribution in [-0.2, 0) is 4.79 Å². The number of rotatable bonds is 4. The summed E-state index contributed by atoms with van der Waals surface area (Å²) in [5, 5.41) is 3.70. The third-order valence-electron chi connectivity index (χ3n) is 3.23. The fourth-order valence-corrected chi connectivity index (χ4v) is 3.06. The van der Waals surface area contributed by atoms with E-state index >= 15 is 0 Å². The van der Waals surface area contributed by atoms with E-state index < -0.39 is 0 Å². The summed E-state index contributed by atoms with van der Waals surface area (Å²) in [6.45, 7) is 8.00. The van der Waals surface area contributed by atoms with E-state index in [0.717, 1.165) is 21.8 Å². The van der Waals surface area contributed by atoms with Crippen molar-refractivity contribution >= 4 is 23.4 Å². The number of carbonyl (C=O) groups excluding carboxylic acids is 1. The van der Waals surface area contributed by atoms with Crippen molar-refractivity contribution in [3.8, 4) is 0 Å². The predicted molar refractivity (Wildman–Crippen MR) is 88.8 cm³/mol. The van der Waals surface area contributed by atoms with Gasteiger partial charge in [-0.1, -0.05) is 35.5 Å². The second-order valence-electron chi connectivity index (χ2n) is 5.19. The summed E-state index contributed by atoms with van der Waals surface area (Å²) in [5.74, 6) is 0.000654. The number of thioether (sulfide) groups is 1. The first-order valence-electron chi connectivity index (χ1n) is 6.94. The van der Waals surface area contributed by atoms with Gasteiger partial charge in [-0.05, 0) is 51.0 Å². The molecule has 0 radical (unpaired) electrons. The number of aryl methyl sites for hydroxylation is 3. The van der Waals surface area contributed by atoms with Crippen LogP contribution in [0.15, 0.2) is 41.6 Å². The highest BCUT2D eigenvalue weighted by Crippen LogP contribution is 2.25. The molecule has 0 aliphatic heterocycles. The van der Waals surface area contributed by atoms with Crippen LogP contribution in [0.2, 0.25) is 0 Å². The summed E-state index contributed by atoms with van der Waals surface area (Å²) in [6.07, 6.45) is 1.74. The minimum Gasteiger partial charge on any atom is -0.325 e. The molecule has 0 unspecified atom stereocenters. The van der Waals surface area contributed by atoms with Crippen molar-refractivity contribution < 1.29 is 4.79 Å². The SMILES string of the molecule is Cc1cc(C)c(NC(=O)[C@H](C)Sc2ccccn2)c(C)c1. The molecule has 0 aliphatic carbocycles. The number of benzene rings is 1. The molecule has 2 aromatic rings. The molecular weight excluding hydrogens is 280 g/mol. The smallest absolute Gasteiger partial charge is 0.237 e. The summed E-state index contributed by atoms with van der Waals surface area (Å²) in [5.41, 5.74) is 4.31. The molecule has 0 bridgehead atoms. The lowest BCUT2D eigenvalue weighted by Crippen LogP contribution is -2.23. The quantitative estimate of drug-likeness (QED) is 0.863. The van der Waals surface area contributed by atoms with E-state index in [9.17, 15) is 4.79 Å². The average molecular weight is 300 g/mol. The van der Waals surface area contributed by atoms with Crippen molar-refractivity contribution in [2.24, 2.45) is 0 Å². The second kappa shape index (κ2) is 6.76. The lowest BCUT2D eigenvalue weighted by atomic mass is 10.1. The van der Waals surface area contributed by atoms with E-state index in [1.165, 1.54) is 17.3 Å². The van der Waals surface area contributed by atoms with E-state index in [0.29, 0.717) is 0 Å². The summed E-state index contributed by atoms with van der Waals surface area (Å²) in [4.78, 5) is 16.6. The van der Waals surface area contributed by atoms with Crippen LogP contribution in [0.1, 0.15) is 23.6 Å². The largest absolute Gasteiger partial charge is 0.325 e. The standard InChI is InChI=1S/C17H20N2OS/c1-11-9-12(2)16(13(3)10-11)19-17(20)14(4)21-15-7-5-6-8-18-15/h5-10,14H,1-4H3,(H,19,20)/t14-/m0/s1. The van der Waals surface area contributed by atoms with Gasteiger partial charge < -0.3 is 5.32 Å². The minimum atomic E-state index is -0.194. The number of aromatic nitrogens is 1. The number of nitrogens with zero attached hydrogens (tertiary/aromatic N) is 1. The molecule has 0 fully saturated rings. The Morgan fingerprint density at radius 1 is 1.19 bits per heavy atom. The average Bonchev–Trinajstić information content (AvgIpc) is 2.43. The Labute approximate surface area is 130 Å². The van der Waals surface area contributed by atoms with Gasteiger partial charge in [-0.25, -0.2) is 4.98 Å². The van der Waals surface area contributed by atoms with Crippen LogP contribution in [-0.4, -0.2) is 16.1 Å². The Morgan fingerprint density at radius 2 is 1.86 bits per heavy atom. The highest BCUT2D eigenvalue weighted by atomic mass is 32.2. The monoisotopic (exact) mass is 300 g/mol. The highest BCUT2D eigenvalue weighted by Gasteiger charge is 2.16. The van der Waals surface area contributed by atoms with E-state index in [2.05, 4.69) is 29.4 Å². The van der Waals surface area contributed by atoms with Crippen molar-refractivity contribution in [1.29, 1.82) is 0 Å². The molecule has 0 saturated carbocycles. The summed E-state index contributed by atoms with van der Waals surface area (Å²) in [7, 11) is 0. The molecule has 1 amide bonds. The lowest BCUT2D eigenvalue weighted by Gasteiger charge is -2.16. The van der Waals surface area contributed by atoms with Gasteiger partial charge in [0, 0.05) is 11.9 Å². The zero-order valence-corrected chi connectivity index (χ0v) is 13.6. The van der Waals surface area contributed by atoms with Crippen LogP contribution < -0.4 is 5.32 Å². The molecule has 1 atom stereocenters. The third kappa shape index (κ3) is 4.08. The van der Waals surface area contributed by atoms with Gasteiger partial charge in [0.25, 0.3) is 0 Å². The Balaban J connectivity index is 2.08.